The first-order valence-electron chi connectivity index (χ1n) is 6.70. The van der Waals surface area contributed by atoms with E-state index in [1.54, 1.807) is 24.2 Å². The highest BCUT2D eigenvalue weighted by atomic mass is 35.5. The molecule has 5 nitrogen and oxygen atoms in total. The number of hydrogen-bond acceptors (Lipinski definition) is 6. The number of pyridine rings is 1. The van der Waals surface area contributed by atoms with Crippen molar-refractivity contribution in [3.8, 4) is 0 Å². The van der Waals surface area contributed by atoms with Crippen LogP contribution in [0.4, 0.5) is 5.82 Å². The Balaban J connectivity index is 1.71. The molecule has 1 aliphatic heterocycles. The molecule has 0 radical (unpaired) electrons. The average molecular weight is 323 g/mol. The molecule has 1 fully saturated rings. The molecule has 3 heterocycles. The summed E-state index contributed by atoms with van der Waals surface area (Å²) in [5.41, 5.74) is 0.929. The summed E-state index contributed by atoms with van der Waals surface area (Å²) >= 11 is 7.76. The highest BCUT2D eigenvalue weighted by molar-refractivity contribution is 7.98. The molecule has 0 spiro atoms. The van der Waals surface area contributed by atoms with Crippen molar-refractivity contribution in [2.75, 3.05) is 31.2 Å². The summed E-state index contributed by atoms with van der Waals surface area (Å²) in [5.74, 6) is 1.63. The van der Waals surface area contributed by atoms with Crippen LogP contribution in [0.5, 0.6) is 0 Å². The number of ether oxygens (including phenoxy) is 1. The molecule has 0 unspecified atom stereocenters. The molecule has 110 valence electrons. The maximum atomic E-state index is 6.05. The van der Waals surface area contributed by atoms with Crippen LogP contribution in [0.1, 0.15) is 5.69 Å². The molecule has 0 N–H and O–H groups in total. The van der Waals surface area contributed by atoms with Crippen LogP contribution < -0.4 is 4.90 Å². The van der Waals surface area contributed by atoms with Gasteiger partial charge in [-0.1, -0.05) is 0 Å². The van der Waals surface area contributed by atoms with Gasteiger partial charge in [0.15, 0.2) is 0 Å². The summed E-state index contributed by atoms with van der Waals surface area (Å²) in [6.45, 7) is 3.13. The van der Waals surface area contributed by atoms with Gasteiger partial charge in [0, 0.05) is 42.2 Å². The second-order valence-electron chi connectivity index (χ2n) is 4.56. The first-order valence-corrected chi connectivity index (χ1v) is 8.06. The Morgan fingerprint density at radius 2 is 1.95 bits per heavy atom. The second kappa shape index (κ2) is 7.06. The van der Waals surface area contributed by atoms with Crippen molar-refractivity contribution in [2.24, 2.45) is 0 Å². The van der Waals surface area contributed by atoms with Gasteiger partial charge in [-0.3, -0.25) is 4.98 Å². The normalized spacial score (nSPS) is 15.2. The van der Waals surface area contributed by atoms with Crippen LogP contribution in [-0.2, 0) is 10.5 Å². The third kappa shape index (κ3) is 4.06. The summed E-state index contributed by atoms with van der Waals surface area (Å²) in [7, 11) is 0. The zero-order valence-corrected chi connectivity index (χ0v) is 13.0. The lowest BCUT2D eigenvalue weighted by molar-refractivity contribution is 0.122. The van der Waals surface area contributed by atoms with Crippen molar-refractivity contribution in [2.45, 2.75) is 10.6 Å². The van der Waals surface area contributed by atoms with E-state index in [9.17, 15) is 0 Å². The predicted molar refractivity (Wildman–Crippen MR) is 83.9 cm³/mol. The number of hydrogen-bond donors (Lipinski definition) is 0. The van der Waals surface area contributed by atoms with E-state index in [0.717, 1.165) is 48.5 Å². The SMILES string of the molecule is Clc1nc(CSc2ccncc2)cc(N2CCOCC2)n1. The fourth-order valence-corrected chi connectivity index (χ4v) is 3.04. The van der Waals surface area contributed by atoms with E-state index in [2.05, 4.69) is 19.9 Å². The van der Waals surface area contributed by atoms with E-state index in [4.69, 9.17) is 16.3 Å². The van der Waals surface area contributed by atoms with Gasteiger partial charge in [-0.15, -0.1) is 11.8 Å². The Kier molecular flexibility index (Phi) is 4.90. The molecule has 7 heteroatoms. The third-order valence-corrected chi connectivity index (χ3v) is 4.32. The smallest absolute Gasteiger partial charge is 0.224 e. The lowest BCUT2D eigenvalue weighted by Crippen LogP contribution is -2.36. The molecule has 21 heavy (non-hydrogen) atoms. The van der Waals surface area contributed by atoms with Crippen molar-refractivity contribution in [3.63, 3.8) is 0 Å². The number of rotatable bonds is 4. The minimum Gasteiger partial charge on any atom is -0.378 e. The van der Waals surface area contributed by atoms with Crippen molar-refractivity contribution < 1.29 is 4.74 Å². The van der Waals surface area contributed by atoms with E-state index in [-0.39, 0.29) is 0 Å². The summed E-state index contributed by atoms with van der Waals surface area (Å²) in [6, 6.07) is 5.97. The second-order valence-corrected chi connectivity index (χ2v) is 5.94. The molecule has 0 aliphatic carbocycles. The van der Waals surface area contributed by atoms with Crippen molar-refractivity contribution in [1.29, 1.82) is 0 Å². The van der Waals surface area contributed by atoms with Gasteiger partial charge in [-0.25, -0.2) is 9.97 Å². The Bertz CT molecular complexity index is 593. The molecule has 1 saturated heterocycles. The zero-order valence-electron chi connectivity index (χ0n) is 11.4. The standard InChI is InChI=1S/C14H15ClN4OS/c15-14-17-11(10-21-12-1-3-16-4-2-12)9-13(18-14)19-5-7-20-8-6-19/h1-4,9H,5-8,10H2. The predicted octanol–water partition coefficient (Wildman–Crippen LogP) is 2.65. The first kappa shape index (κ1) is 14.6. The van der Waals surface area contributed by atoms with E-state index >= 15 is 0 Å². The summed E-state index contributed by atoms with van der Waals surface area (Å²) in [5, 5.41) is 0.296. The Hall–Kier alpha value is -1.37. The molecule has 0 amide bonds. The molecule has 0 bridgehead atoms. The summed E-state index contributed by atoms with van der Waals surface area (Å²) in [4.78, 5) is 16.0. The number of halogens is 1. The molecule has 0 atom stereocenters. The number of morpholine rings is 1. The quantitative estimate of drug-likeness (QED) is 0.637. The summed E-state index contributed by atoms with van der Waals surface area (Å²) in [6.07, 6.45) is 3.57. The lowest BCUT2D eigenvalue weighted by atomic mass is 10.3. The van der Waals surface area contributed by atoms with Crippen LogP contribution in [-0.4, -0.2) is 41.3 Å². The van der Waals surface area contributed by atoms with Crippen LogP contribution in [0.3, 0.4) is 0 Å². The molecule has 1 aliphatic rings. The lowest BCUT2D eigenvalue weighted by Gasteiger charge is -2.28. The van der Waals surface area contributed by atoms with Gasteiger partial charge in [0.2, 0.25) is 5.28 Å². The Morgan fingerprint density at radius 1 is 1.19 bits per heavy atom. The van der Waals surface area contributed by atoms with Gasteiger partial charge >= 0.3 is 0 Å². The van der Waals surface area contributed by atoms with Crippen LogP contribution in [0.2, 0.25) is 5.28 Å². The molecule has 2 aromatic rings. The Morgan fingerprint density at radius 3 is 2.71 bits per heavy atom. The van der Waals surface area contributed by atoms with Crippen LogP contribution >= 0.6 is 23.4 Å². The van der Waals surface area contributed by atoms with E-state index in [0.29, 0.717) is 5.28 Å². The van der Waals surface area contributed by atoms with E-state index < -0.39 is 0 Å². The van der Waals surface area contributed by atoms with Crippen LogP contribution in [0.15, 0.2) is 35.5 Å². The number of aromatic nitrogens is 3. The van der Waals surface area contributed by atoms with Gasteiger partial charge in [0.05, 0.1) is 18.9 Å². The highest BCUT2D eigenvalue weighted by Gasteiger charge is 2.14. The highest BCUT2D eigenvalue weighted by Crippen LogP contribution is 2.24. The van der Waals surface area contributed by atoms with Crippen molar-refractivity contribution >= 4 is 29.2 Å². The fraction of sp³-hybridized carbons (Fsp3) is 0.357. The van der Waals surface area contributed by atoms with Crippen molar-refractivity contribution in [3.05, 3.63) is 41.6 Å². The molecule has 0 aromatic carbocycles. The van der Waals surface area contributed by atoms with Gasteiger partial charge in [-0.2, -0.15) is 0 Å². The molecular formula is C14H15ClN4OS. The van der Waals surface area contributed by atoms with Gasteiger partial charge in [0.25, 0.3) is 0 Å². The maximum Gasteiger partial charge on any atom is 0.224 e. The number of thioether (sulfide) groups is 1. The average Bonchev–Trinajstić information content (AvgIpc) is 2.54. The molecule has 2 aromatic heterocycles. The largest absolute Gasteiger partial charge is 0.378 e. The third-order valence-electron chi connectivity index (χ3n) is 3.11. The Labute approximate surface area is 132 Å². The van der Waals surface area contributed by atoms with Gasteiger partial charge < -0.3 is 9.64 Å². The zero-order chi connectivity index (χ0) is 14.5. The fourth-order valence-electron chi connectivity index (χ4n) is 2.07. The minimum atomic E-state index is 0.296. The minimum absolute atomic E-state index is 0.296. The number of nitrogens with zero attached hydrogens (tertiary/aromatic N) is 4. The van der Waals surface area contributed by atoms with Crippen LogP contribution in [0, 0.1) is 0 Å². The van der Waals surface area contributed by atoms with E-state index in [1.807, 2.05) is 18.2 Å². The molecule has 0 saturated carbocycles. The van der Waals surface area contributed by atoms with Gasteiger partial charge in [-0.05, 0) is 23.7 Å². The van der Waals surface area contributed by atoms with Crippen LogP contribution in [0.25, 0.3) is 0 Å². The van der Waals surface area contributed by atoms with E-state index in [1.165, 1.54) is 0 Å². The topological polar surface area (TPSA) is 51.1 Å². The monoisotopic (exact) mass is 322 g/mol. The van der Waals surface area contributed by atoms with Gasteiger partial charge in [0.1, 0.15) is 5.82 Å². The molecule has 3 rings (SSSR count). The first-order chi connectivity index (χ1) is 10.3. The van der Waals surface area contributed by atoms with Crippen molar-refractivity contribution in [1.82, 2.24) is 15.0 Å². The number of anilines is 1. The maximum absolute atomic E-state index is 6.05. The molecular weight excluding hydrogens is 308 g/mol. The summed E-state index contributed by atoms with van der Waals surface area (Å²) < 4.78 is 5.36.